The third-order valence-electron chi connectivity index (χ3n) is 8.64. The molecule has 0 heterocycles. The van der Waals surface area contributed by atoms with Crippen LogP contribution in [-0.2, 0) is 0 Å². The molecule has 0 aliphatic carbocycles. The Morgan fingerprint density at radius 3 is 1.02 bits per heavy atom. The summed E-state index contributed by atoms with van der Waals surface area (Å²) in [4.78, 5) is 0. The fourth-order valence-corrected chi connectivity index (χ4v) is 20.5. The van der Waals surface area contributed by atoms with Crippen molar-refractivity contribution in [2.24, 2.45) is 0 Å². The van der Waals surface area contributed by atoms with Crippen molar-refractivity contribution in [3.63, 3.8) is 0 Å². The van der Waals surface area contributed by atoms with E-state index >= 15 is 8.22 Å². The minimum atomic E-state index is -4.94. The Kier molecular flexibility index (Phi) is 13.8. The van der Waals surface area contributed by atoms with Crippen LogP contribution in [0.15, 0.2) is 42.5 Å². The van der Waals surface area contributed by atoms with Gasteiger partial charge in [-0.1, -0.05) is 145 Å². The van der Waals surface area contributed by atoms with Gasteiger partial charge in [-0.2, -0.15) is 0 Å². The van der Waals surface area contributed by atoms with E-state index in [4.69, 9.17) is 0 Å². The molecule has 0 aliphatic heterocycles. The largest absolute Gasteiger partial charge is 1.00 e. The van der Waals surface area contributed by atoms with Crippen molar-refractivity contribution in [3.05, 3.63) is 75.8 Å². The molecule has 0 nitrogen and oxygen atoms in total. The summed E-state index contributed by atoms with van der Waals surface area (Å²) in [6.07, 6.45) is 0. The van der Waals surface area contributed by atoms with Crippen LogP contribution in [0.1, 0.15) is 152 Å². The van der Waals surface area contributed by atoms with E-state index in [9.17, 15) is 0 Å². The summed E-state index contributed by atoms with van der Waals surface area (Å²) in [5.41, 5.74) is 11.0. The fraction of sp³-hybridized carbons (Fsp3) is 0.538. The molecule has 0 aromatic heterocycles. The van der Waals surface area contributed by atoms with Gasteiger partial charge in [0.05, 0.1) is 0 Å². The molecule has 0 radical (unpaired) electrons. The zero-order valence-corrected chi connectivity index (χ0v) is 34.1. The molecule has 0 saturated carbocycles. The van der Waals surface area contributed by atoms with Crippen LogP contribution >= 0.6 is 7.68 Å². The molecule has 3 aromatic rings. The standard InChI is InChI=1S/C39H58F2PSi2.Li/c1-23(2)29-19-33(25(5)6)37(34(20-29)26(7)8)31-17-16-18-32(39(31)44(40,41)42-43(13,14)15)38-35(27(9)10)21-30(24(3)4)22-36(38)28(11)12;/h16-28H,1-15H3;/q-1;+1. The zero-order valence-electron chi connectivity index (χ0n) is 31.2. The summed E-state index contributed by atoms with van der Waals surface area (Å²) in [6.45, 7) is 32.9. The topological polar surface area (TPSA) is 0 Å². The first-order valence-electron chi connectivity index (χ1n) is 16.8. The number of benzene rings is 3. The minimum Gasteiger partial charge on any atom is -0.467 e. The van der Waals surface area contributed by atoms with Crippen molar-refractivity contribution >= 4 is 29.0 Å². The average Bonchev–Trinajstić information content (AvgIpc) is 2.89. The predicted molar refractivity (Wildman–Crippen MR) is 200 cm³/mol. The summed E-state index contributed by atoms with van der Waals surface area (Å²) < 4.78 is 34.9. The molecule has 242 valence electrons. The van der Waals surface area contributed by atoms with Crippen LogP contribution in [0.4, 0.5) is 8.22 Å². The molecule has 0 unspecified atom stereocenters. The molecule has 6 heteroatoms. The van der Waals surface area contributed by atoms with Gasteiger partial charge in [-0.25, -0.2) is 0 Å². The third-order valence-corrected chi connectivity index (χ3v) is 22.8. The van der Waals surface area contributed by atoms with Crippen LogP contribution in [0.5, 0.6) is 0 Å². The van der Waals surface area contributed by atoms with Crippen molar-refractivity contribution in [2.45, 2.75) is 138 Å². The Bertz CT molecular complexity index is 1310. The Balaban J connectivity index is 0.00000705. The molecule has 0 amide bonds. The summed E-state index contributed by atoms with van der Waals surface area (Å²) in [5.74, 6) is 1.59. The Morgan fingerprint density at radius 2 is 0.800 bits per heavy atom. The van der Waals surface area contributed by atoms with Crippen LogP contribution in [0.3, 0.4) is 0 Å². The summed E-state index contributed by atoms with van der Waals surface area (Å²) in [7, 11) is -6.68. The molecule has 3 aromatic carbocycles. The molecule has 0 aliphatic rings. The molecule has 0 spiro atoms. The third kappa shape index (κ3) is 9.12. The monoisotopic (exact) mass is 658 g/mol. The quantitative estimate of drug-likeness (QED) is 0.109. The van der Waals surface area contributed by atoms with E-state index in [1.165, 1.54) is 33.4 Å². The first-order chi connectivity index (χ1) is 20.2. The minimum absolute atomic E-state index is 0. The molecule has 3 rings (SSSR count). The summed E-state index contributed by atoms with van der Waals surface area (Å²) in [5, 5.41) is 0.353. The smallest absolute Gasteiger partial charge is 0.467 e. The average molecular weight is 659 g/mol. The number of hydrogen-bond acceptors (Lipinski definition) is 0. The van der Waals surface area contributed by atoms with Gasteiger partial charge in [-0.05, 0) is 96.3 Å². The van der Waals surface area contributed by atoms with Gasteiger partial charge in [0.15, 0.2) is 0 Å². The maximum atomic E-state index is 17.5. The van der Waals surface area contributed by atoms with Crippen LogP contribution in [0.25, 0.3) is 22.3 Å². The van der Waals surface area contributed by atoms with Gasteiger partial charge >= 0.3 is 27.3 Å². The van der Waals surface area contributed by atoms with E-state index in [0.29, 0.717) is 24.7 Å². The van der Waals surface area contributed by atoms with E-state index in [0.717, 1.165) is 22.3 Å². The summed E-state index contributed by atoms with van der Waals surface area (Å²) in [6, 6.07) is 15.3. The number of hydrogen-bond donors (Lipinski definition) is 0. The van der Waals surface area contributed by atoms with Gasteiger partial charge in [0.25, 0.3) is 0 Å². The second-order valence-electron chi connectivity index (χ2n) is 15.6. The van der Waals surface area contributed by atoms with Gasteiger partial charge in [-0.15, -0.1) is 7.74 Å². The number of rotatable bonds is 11. The van der Waals surface area contributed by atoms with Crippen molar-refractivity contribution in [1.82, 2.24) is 0 Å². The Hall–Kier alpha value is -1.02. The first kappa shape index (κ1) is 40.2. The van der Waals surface area contributed by atoms with E-state index in [2.05, 4.69) is 133 Å². The maximum absolute atomic E-state index is 17.5. The molecular formula is C39H58F2LiPSi2. The van der Waals surface area contributed by atoms with E-state index < -0.39 is 16.2 Å². The second kappa shape index (κ2) is 15.5. The number of halogens is 2. The normalized spacial score (nSPS) is 13.0. The van der Waals surface area contributed by atoms with Gasteiger partial charge in [0.1, 0.15) is 0 Å². The predicted octanol–water partition coefficient (Wildman–Crippen LogP) is 10.6. The van der Waals surface area contributed by atoms with E-state index in [1.54, 1.807) is 0 Å². The SMILES string of the molecule is CC(C)c1cc(C(C)C)c(-c2cccc(-c3c(C(C)C)cc(C(C)C)cc3C(C)C)c2[Si](F)(F)[P-][Si](C)(C)C)c(C(C)C)c1.[Li+]. The first-order valence-corrected chi connectivity index (χ1v) is 24.6. The molecule has 45 heavy (non-hydrogen) atoms. The van der Waals surface area contributed by atoms with Gasteiger partial charge in [-0.3, -0.25) is 8.22 Å². The van der Waals surface area contributed by atoms with Gasteiger partial charge in [0, 0.05) is 0 Å². The second-order valence-corrected chi connectivity index (χ2v) is 30.2. The van der Waals surface area contributed by atoms with Crippen LogP contribution < -0.4 is 24.0 Å². The van der Waals surface area contributed by atoms with E-state index in [-0.39, 0.29) is 42.5 Å². The summed E-state index contributed by atoms with van der Waals surface area (Å²) >= 11 is 0. The molecule has 0 N–H and O–H groups in total. The van der Waals surface area contributed by atoms with E-state index in [1.807, 2.05) is 12.1 Å². The fourth-order valence-electron chi connectivity index (χ4n) is 6.30. The van der Waals surface area contributed by atoms with Crippen LogP contribution in [-0.4, -0.2) is 16.2 Å². The Labute approximate surface area is 291 Å². The maximum Gasteiger partial charge on any atom is 1.00 e. The molecule has 0 atom stereocenters. The molecule has 0 saturated heterocycles. The molecule has 0 fully saturated rings. The van der Waals surface area contributed by atoms with Gasteiger partial charge in [0.2, 0.25) is 0 Å². The van der Waals surface area contributed by atoms with Crippen molar-refractivity contribution in [2.75, 3.05) is 0 Å². The zero-order chi connectivity index (χ0) is 33.5. The van der Waals surface area contributed by atoms with Crippen molar-refractivity contribution in [1.29, 1.82) is 0 Å². The molecule has 0 bridgehead atoms. The Morgan fingerprint density at radius 1 is 0.511 bits per heavy atom. The van der Waals surface area contributed by atoms with Crippen molar-refractivity contribution < 1.29 is 27.1 Å². The van der Waals surface area contributed by atoms with Crippen LogP contribution in [0, 0.1) is 0 Å². The molecular weight excluding hydrogens is 601 g/mol. The van der Waals surface area contributed by atoms with Gasteiger partial charge < -0.3 is 7.68 Å². The van der Waals surface area contributed by atoms with Crippen LogP contribution in [0.2, 0.25) is 19.6 Å². The van der Waals surface area contributed by atoms with Crippen molar-refractivity contribution in [3.8, 4) is 22.3 Å².